The molecule has 0 bridgehead atoms. The molecule has 0 spiro atoms. The van der Waals surface area contributed by atoms with Crippen molar-refractivity contribution in [3.05, 3.63) is 50.6 Å². The number of hydrazone groups is 1. The highest BCUT2D eigenvalue weighted by atomic mass is 79.9. The van der Waals surface area contributed by atoms with Crippen molar-refractivity contribution in [2.45, 2.75) is 0 Å². The first kappa shape index (κ1) is 13.8. The molecular weight excluding hydrogens is 328 g/mol. The molecule has 2 rings (SSSR count). The number of hydrogen-bond acceptors (Lipinski definition) is 4. The molecule has 0 radical (unpaired) electrons. The lowest BCUT2D eigenvalue weighted by atomic mass is 10.2. The molecule has 0 aliphatic carbocycles. The maximum absolute atomic E-state index is 11.8. The Morgan fingerprint density at radius 1 is 1.47 bits per heavy atom. The van der Waals surface area contributed by atoms with Gasteiger partial charge in [-0.15, -0.1) is 0 Å². The molecular formula is C13H11BrN2O2S. The van der Waals surface area contributed by atoms with Crippen molar-refractivity contribution in [3.8, 4) is 5.75 Å². The Hall–Kier alpha value is -1.66. The van der Waals surface area contributed by atoms with Crippen LogP contribution in [0.1, 0.15) is 15.9 Å². The third-order valence-corrected chi connectivity index (χ3v) is 3.66. The van der Waals surface area contributed by atoms with Gasteiger partial charge in [-0.2, -0.15) is 16.4 Å². The second kappa shape index (κ2) is 6.49. The van der Waals surface area contributed by atoms with Crippen molar-refractivity contribution in [1.82, 2.24) is 5.43 Å². The largest absolute Gasteiger partial charge is 0.496 e. The number of halogens is 1. The van der Waals surface area contributed by atoms with Gasteiger partial charge in [-0.05, 0) is 51.0 Å². The van der Waals surface area contributed by atoms with E-state index in [2.05, 4.69) is 26.5 Å². The molecule has 2 aromatic rings. The summed E-state index contributed by atoms with van der Waals surface area (Å²) in [4.78, 5) is 11.8. The maximum atomic E-state index is 11.8. The lowest BCUT2D eigenvalue weighted by Crippen LogP contribution is -2.17. The molecule has 98 valence electrons. The van der Waals surface area contributed by atoms with E-state index in [0.717, 1.165) is 10.0 Å². The number of rotatable bonds is 4. The van der Waals surface area contributed by atoms with Gasteiger partial charge in [0.2, 0.25) is 0 Å². The lowest BCUT2D eigenvalue weighted by Gasteiger charge is -2.05. The van der Waals surface area contributed by atoms with Gasteiger partial charge in [0.1, 0.15) is 5.75 Å². The molecule has 0 aliphatic heterocycles. The summed E-state index contributed by atoms with van der Waals surface area (Å²) >= 11 is 4.91. The van der Waals surface area contributed by atoms with Gasteiger partial charge in [0.25, 0.3) is 5.91 Å². The van der Waals surface area contributed by atoms with Gasteiger partial charge in [0, 0.05) is 11.1 Å². The van der Waals surface area contributed by atoms with E-state index < -0.39 is 0 Å². The minimum absolute atomic E-state index is 0.269. The van der Waals surface area contributed by atoms with Gasteiger partial charge in [0.15, 0.2) is 0 Å². The fourth-order valence-electron chi connectivity index (χ4n) is 1.39. The van der Waals surface area contributed by atoms with Crippen LogP contribution in [-0.2, 0) is 0 Å². The number of thiophene rings is 1. The van der Waals surface area contributed by atoms with E-state index in [1.807, 2.05) is 16.8 Å². The average Bonchev–Trinajstić information content (AvgIpc) is 2.91. The highest BCUT2D eigenvalue weighted by Gasteiger charge is 2.07. The Balaban J connectivity index is 2.02. The summed E-state index contributed by atoms with van der Waals surface area (Å²) in [7, 11) is 1.57. The van der Waals surface area contributed by atoms with Crippen LogP contribution in [0, 0.1) is 0 Å². The van der Waals surface area contributed by atoms with Crippen LogP contribution in [0.15, 0.2) is 44.6 Å². The third-order valence-electron chi connectivity index (χ3n) is 2.34. The van der Waals surface area contributed by atoms with Crippen LogP contribution >= 0.6 is 27.3 Å². The van der Waals surface area contributed by atoms with Gasteiger partial charge < -0.3 is 4.74 Å². The monoisotopic (exact) mass is 338 g/mol. The van der Waals surface area contributed by atoms with E-state index in [0.29, 0.717) is 11.3 Å². The van der Waals surface area contributed by atoms with Crippen molar-refractivity contribution in [3.63, 3.8) is 0 Å². The van der Waals surface area contributed by atoms with E-state index in [-0.39, 0.29) is 5.91 Å². The smallest absolute Gasteiger partial charge is 0.271 e. The Kier molecular flexibility index (Phi) is 4.70. The molecule has 1 amide bonds. The normalized spacial score (nSPS) is 10.6. The van der Waals surface area contributed by atoms with E-state index in [1.165, 1.54) is 0 Å². The third kappa shape index (κ3) is 3.65. The molecule has 0 fully saturated rings. The summed E-state index contributed by atoms with van der Waals surface area (Å²) in [6.07, 6.45) is 1.60. The number of ether oxygens (including phenoxy) is 1. The first-order chi connectivity index (χ1) is 9.20. The number of hydrogen-bond donors (Lipinski definition) is 1. The van der Waals surface area contributed by atoms with Crippen molar-refractivity contribution < 1.29 is 9.53 Å². The number of carbonyl (C=O) groups is 1. The second-order valence-corrected chi connectivity index (χ2v) is 5.24. The van der Waals surface area contributed by atoms with Crippen LogP contribution < -0.4 is 10.2 Å². The predicted octanol–water partition coefficient (Wildman–Crippen LogP) is 3.28. The maximum Gasteiger partial charge on any atom is 0.271 e. The number of amides is 1. The summed E-state index contributed by atoms with van der Waals surface area (Å²) in [5, 5.41) is 7.79. The van der Waals surface area contributed by atoms with Crippen molar-refractivity contribution >= 4 is 39.4 Å². The summed E-state index contributed by atoms with van der Waals surface area (Å²) in [5.74, 6) is 0.410. The molecule has 0 aliphatic rings. The van der Waals surface area contributed by atoms with E-state index in [1.54, 1.807) is 42.9 Å². The summed E-state index contributed by atoms with van der Waals surface area (Å²) in [6, 6.07) is 7.01. The van der Waals surface area contributed by atoms with Crippen LogP contribution in [-0.4, -0.2) is 19.2 Å². The number of benzene rings is 1. The highest BCUT2D eigenvalue weighted by Crippen LogP contribution is 2.25. The molecule has 0 saturated carbocycles. The topological polar surface area (TPSA) is 50.7 Å². The Bertz CT molecular complexity index is 597. The molecule has 4 nitrogen and oxygen atoms in total. The fraction of sp³-hybridized carbons (Fsp3) is 0.0769. The molecule has 1 N–H and O–H groups in total. The van der Waals surface area contributed by atoms with Gasteiger partial charge >= 0.3 is 0 Å². The number of nitrogens with one attached hydrogen (secondary N) is 1. The van der Waals surface area contributed by atoms with Gasteiger partial charge in [-0.25, -0.2) is 5.43 Å². The number of methoxy groups -OCH3 is 1. The standard InChI is InChI=1S/C13H11BrN2O2S/c1-18-12-3-2-10(6-11(12)14)13(17)16-15-7-9-4-5-19-8-9/h2-8H,1H3,(H,16,17). The Morgan fingerprint density at radius 2 is 2.32 bits per heavy atom. The Labute approximate surface area is 123 Å². The molecule has 0 saturated heterocycles. The summed E-state index contributed by atoms with van der Waals surface area (Å²) in [5.41, 5.74) is 3.94. The minimum Gasteiger partial charge on any atom is -0.496 e. The van der Waals surface area contributed by atoms with Gasteiger partial charge in [-0.3, -0.25) is 4.79 Å². The molecule has 19 heavy (non-hydrogen) atoms. The van der Waals surface area contributed by atoms with E-state index >= 15 is 0 Å². The molecule has 1 aromatic heterocycles. The number of nitrogens with zero attached hydrogens (tertiary/aromatic N) is 1. The molecule has 6 heteroatoms. The molecule has 0 unspecified atom stereocenters. The van der Waals surface area contributed by atoms with Crippen molar-refractivity contribution in [2.24, 2.45) is 5.10 Å². The van der Waals surface area contributed by atoms with Crippen molar-refractivity contribution in [1.29, 1.82) is 0 Å². The zero-order valence-corrected chi connectivity index (χ0v) is 12.5. The quantitative estimate of drug-likeness (QED) is 0.687. The zero-order valence-electron chi connectivity index (χ0n) is 10.1. The average molecular weight is 339 g/mol. The highest BCUT2D eigenvalue weighted by molar-refractivity contribution is 9.10. The Morgan fingerprint density at radius 3 is 2.95 bits per heavy atom. The van der Waals surface area contributed by atoms with Crippen LogP contribution in [0.25, 0.3) is 0 Å². The lowest BCUT2D eigenvalue weighted by molar-refractivity contribution is 0.0955. The first-order valence-corrected chi connectivity index (χ1v) is 7.13. The molecule has 0 atom stereocenters. The van der Waals surface area contributed by atoms with Crippen LogP contribution in [0.5, 0.6) is 5.75 Å². The first-order valence-electron chi connectivity index (χ1n) is 5.40. The molecule has 1 aromatic carbocycles. The summed E-state index contributed by atoms with van der Waals surface area (Å²) in [6.45, 7) is 0. The predicted molar refractivity (Wildman–Crippen MR) is 80.1 cm³/mol. The van der Waals surface area contributed by atoms with Crippen LogP contribution in [0.3, 0.4) is 0 Å². The fourth-order valence-corrected chi connectivity index (χ4v) is 2.54. The zero-order chi connectivity index (χ0) is 13.7. The van der Waals surface area contributed by atoms with Crippen molar-refractivity contribution in [2.75, 3.05) is 7.11 Å². The number of carbonyl (C=O) groups excluding carboxylic acids is 1. The second-order valence-electron chi connectivity index (χ2n) is 3.61. The SMILES string of the molecule is COc1ccc(C(=O)NN=Cc2ccsc2)cc1Br. The molecule has 1 heterocycles. The van der Waals surface area contributed by atoms with E-state index in [9.17, 15) is 4.79 Å². The van der Waals surface area contributed by atoms with E-state index in [4.69, 9.17) is 4.74 Å². The van der Waals surface area contributed by atoms with Gasteiger partial charge in [-0.1, -0.05) is 0 Å². The van der Waals surface area contributed by atoms with Gasteiger partial charge in [0.05, 0.1) is 17.8 Å². The van der Waals surface area contributed by atoms with Crippen LogP contribution in [0.2, 0.25) is 0 Å². The van der Waals surface area contributed by atoms with Crippen LogP contribution in [0.4, 0.5) is 0 Å². The summed E-state index contributed by atoms with van der Waals surface area (Å²) < 4.78 is 5.83. The minimum atomic E-state index is -0.269.